The van der Waals surface area contributed by atoms with Crippen LogP contribution in [0, 0.1) is 20.8 Å². The van der Waals surface area contributed by atoms with E-state index in [1.54, 1.807) is 0 Å². The van der Waals surface area contributed by atoms with E-state index in [2.05, 4.69) is 83.1 Å². The number of hydrogen-bond acceptors (Lipinski definition) is 2. The summed E-state index contributed by atoms with van der Waals surface area (Å²) in [6, 6.07) is 17.4. The van der Waals surface area contributed by atoms with Gasteiger partial charge in [-0.3, -0.25) is 0 Å². The van der Waals surface area contributed by atoms with E-state index in [0.29, 0.717) is 0 Å². The number of aryl methyl sites for hydroxylation is 3. The third kappa shape index (κ3) is 2.76. The van der Waals surface area contributed by atoms with Gasteiger partial charge >= 0.3 is 0 Å². The van der Waals surface area contributed by atoms with Gasteiger partial charge < -0.3 is 0 Å². The molecule has 0 fully saturated rings. The predicted molar refractivity (Wildman–Crippen MR) is 111 cm³/mol. The topological polar surface area (TPSA) is 25.8 Å². The van der Waals surface area contributed by atoms with Gasteiger partial charge in [0.2, 0.25) is 0 Å². The third-order valence-corrected chi connectivity index (χ3v) is 4.94. The Morgan fingerprint density at radius 3 is 2.04 bits per heavy atom. The summed E-state index contributed by atoms with van der Waals surface area (Å²) >= 11 is 0. The molecule has 0 atom stereocenters. The Hall–Kier alpha value is -2.74. The molecule has 0 saturated heterocycles. The molecule has 2 nitrogen and oxygen atoms in total. The highest BCUT2D eigenvalue weighted by Crippen LogP contribution is 2.34. The summed E-state index contributed by atoms with van der Waals surface area (Å²) in [6.45, 7) is 10.8. The van der Waals surface area contributed by atoms with Crippen LogP contribution in [0.3, 0.4) is 0 Å². The first-order chi connectivity index (χ1) is 12.4. The van der Waals surface area contributed by atoms with Gasteiger partial charge in [-0.1, -0.05) is 55.3 Å². The Labute approximate surface area is 154 Å². The summed E-state index contributed by atoms with van der Waals surface area (Å²) in [5, 5.41) is 3.60. The fraction of sp³-hybridized carbons (Fsp3) is 0.250. The second kappa shape index (κ2) is 6.21. The van der Waals surface area contributed by atoms with Crippen LogP contribution in [-0.2, 0) is 0 Å². The molecule has 4 rings (SSSR count). The number of nitrogens with zero attached hydrogens (tertiary/aromatic N) is 2. The van der Waals surface area contributed by atoms with Crippen LogP contribution < -0.4 is 0 Å². The SMILES string of the molecule is Cc1cc(C)cc(-c2nc(C(C)C)nc3c2cc(C)c2ccccc23)c1. The summed E-state index contributed by atoms with van der Waals surface area (Å²) in [5.41, 5.74) is 7.05. The first-order valence-electron chi connectivity index (χ1n) is 9.22. The minimum Gasteiger partial charge on any atom is -0.232 e. The van der Waals surface area contributed by atoms with E-state index in [4.69, 9.17) is 9.97 Å². The van der Waals surface area contributed by atoms with Crippen molar-refractivity contribution in [1.82, 2.24) is 9.97 Å². The molecule has 0 radical (unpaired) electrons. The van der Waals surface area contributed by atoms with Crippen LogP contribution in [0.5, 0.6) is 0 Å². The smallest absolute Gasteiger partial charge is 0.132 e. The third-order valence-electron chi connectivity index (χ3n) is 4.94. The standard InChI is InChI=1S/C24H24N2/c1-14(2)24-25-22(18-11-15(3)10-16(4)12-18)21-13-17(5)19-8-6-7-9-20(19)23(21)26-24/h6-14H,1-5H3. The summed E-state index contributed by atoms with van der Waals surface area (Å²) in [6.07, 6.45) is 0. The Morgan fingerprint density at radius 1 is 0.731 bits per heavy atom. The van der Waals surface area contributed by atoms with Crippen molar-refractivity contribution < 1.29 is 0 Å². The van der Waals surface area contributed by atoms with Gasteiger partial charge in [-0.05, 0) is 49.9 Å². The van der Waals surface area contributed by atoms with E-state index in [1.165, 1.54) is 33.0 Å². The molecule has 0 saturated carbocycles. The molecule has 0 N–H and O–H groups in total. The molecule has 0 bridgehead atoms. The second-order valence-electron chi connectivity index (χ2n) is 7.60. The molecule has 0 spiro atoms. The number of aromatic nitrogens is 2. The van der Waals surface area contributed by atoms with Crippen molar-refractivity contribution in [3.63, 3.8) is 0 Å². The molecule has 0 aliphatic rings. The van der Waals surface area contributed by atoms with Gasteiger partial charge in [-0.2, -0.15) is 0 Å². The lowest BCUT2D eigenvalue weighted by molar-refractivity contribution is 0.785. The van der Waals surface area contributed by atoms with Crippen LogP contribution in [0.2, 0.25) is 0 Å². The molecule has 2 heteroatoms. The number of fused-ring (bicyclic) bond motifs is 3. The van der Waals surface area contributed by atoms with E-state index >= 15 is 0 Å². The average molecular weight is 340 g/mol. The summed E-state index contributed by atoms with van der Waals surface area (Å²) in [5.74, 6) is 1.18. The highest BCUT2D eigenvalue weighted by Gasteiger charge is 2.15. The quantitative estimate of drug-likeness (QED) is 0.389. The Bertz CT molecular complexity index is 1120. The number of hydrogen-bond donors (Lipinski definition) is 0. The van der Waals surface area contributed by atoms with Gasteiger partial charge in [0.1, 0.15) is 5.82 Å². The predicted octanol–water partition coefficient (Wildman–Crippen LogP) is 6.50. The van der Waals surface area contributed by atoms with Gasteiger partial charge in [0.05, 0.1) is 11.2 Å². The Kier molecular flexibility index (Phi) is 3.99. The van der Waals surface area contributed by atoms with Gasteiger partial charge in [0.25, 0.3) is 0 Å². The zero-order valence-corrected chi connectivity index (χ0v) is 16.1. The van der Waals surface area contributed by atoms with Gasteiger partial charge in [-0.15, -0.1) is 0 Å². The maximum absolute atomic E-state index is 4.99. The highest BCUT2D eigenvalue weighted by atomic mass is 14.9. The van der Waals surface area contributed by atoms with Crippen molar-refractivity contribution in [1.29, 1.82) is 0 Å². The van der Waals surface area contributed by atoms with Crippen LogP contribution in [0.1, 0.15) is 42.3 Å². The van der Waals surface area contributed by atoms with E-state index in [0.717, 1.165) is 22.4 Å². The normalized spacial score (nSPS) is 11.6. The molecule has 3 aromatic carbocycles. The van der Waals surface area contributed by atoms with Crippen molar-refractivity contribution in [3.05, 3.63) is 71.0 Å². The fourth-order valence-electron chi connectivity index (χ4n) is 3.75. The van der Waals surface area contributed by atoms with Gasteiger partial charge in [0.15, 0.2) is 0 Å². The van der Waals surface area contributed by atoms with Crippen molar-refractivity contribution in [2.45, 2.75) is 40.5 Å². The lowest BCUT2D eigenvalue weighted by Gasteiger charge is -2.15. The van der Waals surface area contributed by atoms with Gasteiger partial charge in [0, 0.05) is 22.3 Å². The van der Waals surface area contributed by atoms with Crippen LogP contribution in [-0.4, -0.2) is 9.97 Å². The zero-order valence-electron chi connectivity index (χ0n) is 16.1. The van der Waals surface area contributed by atoms with Gasteiger partial charge in [-0.25, -0.2) is 9.97 Å². The number of benzene rings is 3. The minimum atomic E-state index is 0.282. The Morgan fingerprint density at radius 2 is 1.38 bits per heavy atom. The monoisotopic (exact) mass is 340 g/mol. The second-order valence-corrected chi connectivity index (χ2v) is 7.60. The van der Waals surface area contributed by atoms with E-state index < -0.39 is 0 Å². The maximum atomic E-state index is 4.99. The first-order valence-corrected chi connectivity index (χ1v) is 9.22. The summed E-state index contributed by atoms with van der Waals surface area (Å²) in [7, 11) is 0. The fourth-order valence-corrected chi connectivity index (χ4v) is 3.75. The molecule has 1 aromatic heterocycles. The van der Waals surface area contributed by atoms with E-state index in [9.17, 15) is 0 Å². The van der Waals surface area contributed by atoms with E-state index in [-0.39, 0.29) is 5.92 Å². The zero-order chi connectivity index (χ0) is 18.4. The Balaban J connectivity index is 2.18. The molecule has 0 amide bonds. The van der Waals surface area contributed by atoms with E-state index in [1.807, 2.05) is 0 Å². The number of rotatable bonds is 2. The molecule has 130 valence electrons. The molecular weight excluding hydrogens is 316 g/mol. The minimum absolute atomic E-state index is 0.282. The van der Waals surface area contributed by atoms with Crippen LogP contribution in [0.25, 0.3) is 32.9 Å². The highest BCUT2D eigenvalue weighted by molar-refractivity contribution is 6.10. The molecule has 0 unspecified atom stereocenters. The lowest BCUT2D eigenvalue weighted by atomic mass is 9.96. The van der Waals surface area contributed by atoms with Crippen molar-refractivity contribution >= 4 is 21.7 Å². The molecule has 26 heavy (non-hydrogen) atoms. The van der Waals surface area contributed by atoms with Crippen LogP contribution in [0.15, 0.2) is 48.5 Å². The van der Waals surface area contributed by atoms with Crippen molar-refractivity contribution in [3.8, 4) is 11.3 Å². The van der Waals surface area contributed by atoms with Crippen molar-refractivity contribution in [2.75, 3.05) is 0 Å². The summed E-state index contributed by atoms with van der Waals surface area (Å²) in [4.78, 5) is 9.95. The first kappa shape index (κ1) is 16.7. The van der Waals surface area contributed by atoms with Crippen LogP contribution >= 0.6 is 0 Å². The molecule has 0 aliphatic carbocycles. The average Bonchev–Trinajstić information content (AvgIpc) is 2.60. The largest absolute Gasteiger partial charge is 0.232 e. The molecular formula is C24H24N2. The van der Waals surface area contributed by atoms with Crippen molar-refractivity contribution in [2.24, 2.45) is 0 Å². The summed E-state index contributed by atoms with van der Waals surface area (Å²) < 4.78 is 0. The molecule has 0 aliphatic heterocycles. The van der Waals surface area contributed by atoms with Crippen LogP contribution in [0.4, 0.5) is 0 Å². The maximum Gasteiger partial charge on any atom is 0.132 e. The lowest BCUT2D eigenvalue weighted by Crippen LogP contribution is -2.02. The molecule has 4 aromatic rings. The molecule has 1 heterocycles.